The van der Waals surface area contributed by atoms with Crippen molar-refractivity contribution >= 4 is 28.9 Å². The van der Waals surface area contributed by atoms with Crippen LogP contribution >= 0.6 is 0 Å². The molecule has 0 radical (unpaired) electrons. The zero-order chi connectivity index (χ0) is 27.7. The maximum absolute atomic E-state index is 13.8. The first-order valence-corrected chi connectivity index (χ1v) is 12.1. The number of aromatic hydroxyl groups is 1. The van der Waals surface area contributed by atoms with Crippen LogP contribution in [0.15, 0.2) is 46.5 Å². The molecule has 1 heterocycles. The van der Waals surface area contributed by atoms with Crippen LogP contribution in [0.25, 0.3) is 17.0 Å². The molecule has 0 spiro atoms. The fourth-order valence-electron chi connectivity index (χ4n) is 5.85. The molecule has 1 saturated carbocycles. The Balaban J connectivity index is 1.71. The van der Waals surface area contributed by atoms with E-state index in [1.54, 1.807) is 6.07 Å². The summed E-state index contributed by atoms with van der Waals surface area (Å²) in [5.74, 6) is -7.47. The summed E-state index contributed by atoms with van der Waals surface area (Å²) < 4.78 is 0. The molecule has 0 unspecified atom stereocenters. The van der Waals surface area contributed by atoms with Gasteiger partial charge < -0.3 is 36.0 Å². The maximum Gasteiger partial charge on any atom is 0.256 e. The lowest BCUT2D eigenvalue weighted by Gasteiger charge is -2.45. The average Bonchev–Trinajstić information content (AvgIpc) is 3.34. The standard InChI is InChI=1S/C27H27N3O8/c1-10(2)12-8-16(29-9-12)13-4-5-17(31)19-14(13)6-11-7-15-21(30-38-3)23(33)20(26(28)36)25(35)27(15,37)24(34)18(11)22(19)32/h4-5,8-11,15,29,31-33,37H,6-7H2,1-3H3,(H2,28,36)/b30-21-/t11-,15-,27-/m0/s1. The number of phenolic OH excluding ortho intramolecular Hbond substituents is 1. The van der Waals surface area contributed by atoms with Crippen LogP contribution < -0.4 is 5.73 Å². The number of benzene rings is 1. The third-order valence-corrected chi connectivity index (χ3v) is 7.74. The quantitative estimate of drug-likeness (QED) is 0.200. The summed E-state index contributed by atoms with van der Waals surface area (Å²) in [7, 11) is 1.16. The number of carbonyl (C=O) groups excluding carboxylic acids is 3. The second-order valence-electron chi connectivity index (χ2n) is 10.1. The molecular formula is C27H27N3O8. The van der Waals surface area contributed by atoms with Crippen molar-refractivity contribution < 1.29 is 39.6 Å². The summed E-state index contributed by atoms with van der Waals surface area (Å²) in [6, 6.07) is 5.07. The number of Topliss-reactive ketones (excluding diaryl/α,β-unsaturated/α-hetero) is 2. The van der Waals surface area contributed by atoms with Crippen LogP contribution in [0.5, 0.6) is 5.75 Å². The van der Waals surface area contributed by atoms with Gasteiger partial charge in [0.15, 0.2) is 11.4 Å². The number of aromatic amines is 1. The number of hydrogen-bond donors (Lipinski definition) is 6. The van der Waals surface area contributed by atoms with E-state index in [4.69, 9.17) is 10.6 Å². The molecule has 5 rings (SSSR count). The number of hydrogen-bond acceptors (Lipinski definition) is 9. The molecule has 0 bridgehead atoms. The lowest BCUT2D eigenvalue weighted by Crippen LogP contribution is -2.64. The summed E-state index contributed by atoms with van der Waals surface area (Å²) in [4.78, 5) is 47.0. The van der Waals surface area contributed by atoms with Crippen molar-refractivity contribution in [3.63, 3.8) is 0 Å². The molecule has 3 aliphatic rings. The molecule has 3 atom stereocenters. The first kappa shape index (κ1) is 25.3. The predicted molar refractivity (Wildman–Crippen MR) is 135 cm³/mol. The van der Waals surface area contributed by atoms with Crippen molar-refractivity contribution in [2.75, 3.05) is 7.11 Å². The van der Waals surface area contributed by atoms with E-state index in [1.165, 1.54) is 6.07 Å². The van der Waals surface area contributed by atoms with Crippen LogP contribution in [0.2, 0.25) is 0 Å². The number of primary amides is 1. The fraction of sp³-hybridized carbons (Fsp3) is 0.333. The molecule has 1 aromatic carbocycles. The van der Waals surface area contributed by atoms with Gasteiger partial charge in [0.25, 0.3) is 5.91 Å². The summed E-state index contributed by atoms with van der Waals surface area (Å²) >= 11 is 0. The number of ketones is 2. The molecule has 1 amide bonds. The van der Waals surface area contributed by atoms with Gasteiger partial charge in [0.1, 0.15) is 29.9 Å². The van der Waals surface area contributed by atoms with E-state index >= 15 is 0 Å². The Bertz CT molecular complexity index is 1510. The van der Waals surface area contributed by atoms with Gasteiger partial charge in [0.05, 0.1) is 11.5 Å². The van der Waals surface area contributed by atoms with Crippen molar-refractivity contribution in [3.8, 4) is 17.0 Å². The van der Waals surface area contributed by atoms with E-state index in [0.717, 1.165) is 18.4 Å². The van der Waals surface area contributed by atoms with Crippen molar-refractivity contribution in [2.45, 2.75) is 38.2 Å². The van der Waals surface area contributed by atoms with Crippen LogP contribution in [-0.2, 0) is 25.6 Å². The second kappa shape index (κ2) is 8.59. The van der Waals surface area contributed by atoms with E-state index in [-0.39, 0.29) is 41.4 Å². The molecule has 7 N–H and O–H groups in total. The molecule has 0 saturated heterocycles. The number of fused-ring (bicyclic) bond motifs is 3. The number of rotatable bonds is 4. The van der Waals surface area contributed by atoms with Crippen molar-refractivity contribution in [1.29, 1.82) is 0 Å². The third-order valence-electron chi connectivity index (χ3n) is 7.74. The second-order valence-corrected chi connectivity index (χ2v) is 10.1. The van der Waals surface area contributed by atoms with Crippen LogP contribution in [0.3, 0.4) is 0 Å². The Morgan fingerprint density at radius 2 is 1.89 bits per heavy atom. The average molecular weight is 522 g/mol. The highest BCUT2D eigenvalue weighted by Crippen LogP contribution is 2.51. The Labute approximate surface area is 216 Å². The smallest absolute Gasteiger partial charge is 0.256 e. The molecule has 38 heavy (non-hydrogen) atoms. The minimum Gasteiger partial charge on any atom is -0.507 e. The zero-order valence-corrected chi connectivity index (χ0v) is 20.9. The maximum atomic E-state index is 13.8. The number of aliphatic hydroxyl groups excluding tert-OH is 2. The van der Waals surface area contributed by atoms with Gasteiger partial charge in [0, 0.05) is 23.0 Å². The van der Waals surface area contributed by atoms with E-state index < -0.39 is 52.0 Å². The number of H-pyrrole nitrogens is 1. The Kier molecular flexibility index (Phi) is 5.71. The number of oxime groups is 1. The van der Waals surface area contributed by atoms with Crippen LogP contribution in [0, 0.1) is 11.8 Å². The summed E-state index contributed by atoms with van der Waals surface area (Å²) in [6.45, 7) is 4.10. The number of nitrogens with zero attached hydrogens (tertiary/aromatic N) is 1. The van der Waals surface area contributed by atoms with E-state index in [2.05, 4.69) is 10.1 Å². The van der Waals surface area contributed by atoms with Crippen LogP contribution in [0.1, 0.15) is 42.9 Å². The molecular weight excluding hydrogens is 494 g/mol. The minimum absolute atomic E-state index is 0.0207. The first-order chi connectivity index (χ1) is 17.9. The van der Waals surface area contributed by atoms with Gasteiger partial charge in [-0.3, -0.25) is 14.4 Å². The highest BCUT2D eigenvalue weighted by Gasteiger charge is 2.64. The summed E-state index contributed by atoms with van der Waals surface area (Å²) in [5.41, 5.74) is 3.89. The Hall–Kier alpha value is -4.38. The number of carbonyl (C=O) groups is 3. The zero-order valence-electron chi connectivity index (χ0n) is 20.9. The number of amides is 1. The normalized spacial score (nSPS) is 26.0. The molecule has 3 aliphatic carbocycles. The molecule has 11 nitrogen and oxygen atoms in total. The summed E-state index contributed by atoms with van der Waals surface area (Å²) in [5, 5.41) is 47.9. The monoisotopic (exact) mass is 521 g/mol. The van der Waals surface area contributed by atoms with Gasteiger partial charge in [-0.15, -0.1) is 0 Å². The minimum atomic E-state index is -2.87. The SMILES string of the molecule is CO/N=C1\C(O)=C(C(N)=O)C(=O)[C@@]2(O)C(=O)C3=C(O)c4c(O)ccc(-c5cc(C(C)C)c[nH]5)c4C[C@H]3C[C@@H]12. The van der Waals surface area contributed by atoms with Crippen molar-refractivity contribution in [3.05, 3.63) is 58.0 Å². The molecule has 2 aromatic rings. The lowest BCUT2D eigenvalue weighted by atomic mass is 9.58. The fourth-order valence-corrected chi connectivity index (χ4v) is 5.85. The highest BCUT2D eigenvalue weighted by molar-refractivity contribution is 6.38. The van der Waals surface area contributed by atoms with E-state index in [9.17, 15) is 34.8 Å². The molecule has 11 heteroatoms. The first-order valence-electron chi connectivity index (χ1n) is 12.1. The van der Waals surface area contributed by atoms with Crippen LogP contribution in [0.4, 0.5) is 0 Å². The van der Waals surface area contributed by atoms with Crippen LogP contribution in [-0.4, -0.2) is 61.3 Å². The number of nitrogens with two attached hydrogens (primary N) is 1. The topological polar surface area (TPSA) is 196 Å². The predicted octanol–water partition coefficient (Wildman–Crippen LogP) is 2.15. The van der Waals surface area contributed by atoms with Gasteiger partial charge in [-0.05, 0) is 54.0 Å². The highest BCUT2D eigenvalue weighted by atomic mass is 16.6. The summed E-state index contributed by atoms with van der Waals surface area (Å²) in [6.07, 6.45) is 1.93. The largest absolute Gasteiger partial charge is 0.507 e. The van der Waals surface area contributed by atoms with Gasteiger partial charge in [-0.1, -0.05) is 19.0 Å². The number of phenols is 1. The van der Waals surface area contributed by atoms with Gasteiger partial charge in [-0.25, -0.2) is 0 Å². The third kappa shape index (κ3) is 3.31. The van der Waals surface area contributed by atoms with Gasteiger partial charge >= 0.3 is 0 Å². The molecule has 1 fully saturated rings. The molecule has 1 aromatic heterocycles. The Morgan fingerprint density at radius 1 is 1.18 bits per heavy atom. The Morgan fingerprint density at radius 3 is 2.50 bits per heavy atom. The number of aromatic nitrogens is 1. The van der Waals surface area contributed by atoms with Gasteiger partial charge in [0.2, 0.25) is 11.6 Å². The van der Waals surface area contributed by atoms with E-state index in [1.807, 2.05) is 26.1 Å². The number of allylic oxidation sites excluding steroid dienone is 1. The molecule has 198 valence electrons. The van der Waals surface area contributed by atoms with E-state index in [0.29, 0.717) is 11.1 Å². The number of nitrogens with one attached hydrogen (secondary N) is 1. The number of aliphatic hydroxyl groups is 3. The van der Waals surface area contributed by atoms with Crippen molar-refractivity contribution in [1.82, 2.24) is 4.98 Å². The van der Waals surface area contributed by atoms with Gasteiger partial charge in [-0.2, -0.15) is 0 Å². The lowest BCUT2D eigenvalue weighted by molar-refractivity contribution is -0.153. The van der Waals surface area contributed by atoms with Crippen molar-refractivity contribution in [2.24, 2.45) is 22.7 Å². The molecule has 0 aliphatic heterocycles.